The van der Waals surface area contributed by atoms with Crippen LogP contribution in [0.5, 0.6) is 0 Å². The number of carbonyl (C=O) groups excluding carboxylic acids is 2. The number of hydrogen-bond donors (Lipinski definition) is 1. The van der Waals surface area contributed by atoms with Gasteiger partial charge in [-0.05, 0) is 24.3 Å². The summed E-state index contributed by atoms with van der Waals surface area (Å²) in [6.45, 7) is 6.38. The number of nitro groups is 1. The second kappa shape index (κ2) is 9.53. The molecule has 0 saturated carbocycles. The van der Waals surface area contributed by atoms with E-state index >= 15 is 0 Å². The zero-order chi connectivity index (χ0) is 22.7. The van der Waals surface area contributed by atoms with Crippen LogP contribution in [-0.2, 0) is 4.79 Å². The van der Waals surface area contributed by atoms with Crippen LogP contribution in [0.3, 0.4) is 0 Å². The lowest BCUT2D eigenvalue weighted by molar-refractivity contribution is -0.384. The van der Waals surface area contributed by atoms with E-state index < -0.39 is 10.8 Å². The molecule has 1 aliphatic rings. The number of rotatable bonds is 5. The van der Waals surface area contributed by atoms with Crippen molar-refractivity contribution in [3.05, 3.63) is 62.1 Å². The van der Waals surface area contributed by atoms with Crippen LogP contribution in [0.2, 0.25) is 10.0 Å². The molecule has 2 aromatic rings. The number of benzene rings is 2. The topological polar surface area (TPSA) is 95.8 Å². The van der Waals surface area contributed by atoms with Crippen molar-refractivity contribution in [3.63, 3.8) is 0 Å². The predicted octanol–water partition coefficient (Wildman–Crippen LogP) is 4.46. The summed E-state index contributed by atoms with van der Waals surface area (Å²) in [4.78, 5) is 38.9. The minimum Gasteiger partial charge on any atom is -0.367 e. The first kappa shape index (κ1) is 22.8. The average molecular weight is 465 g/mol. The van der Waals surface area contributed by atoms with E-state index in [0.29, 0.717) is 36.9 Å². The quantitative estimate of drug-likeness (QED) is 0.520. The summed E-state index contributed by atoms with van der Waals surface area (Å²) >= 11 is 12.5. The summed E-state index contributed by atoms with van der Waals surface area (Å²) in [5.41, 5.74) is 1.23. The molecule has 3 rings (SSSR count). The minimum atomic E-state index is -0.579. The van der Waals surface area contributed by atoms with Gasteiger partial charge in [0, 0.05) is 49.9 Å². The zero-order valence-electron chi connectivity index (χ0n) is 17.1. The molecule has 0 aliphatic carbocycles. The Labute approximate surface area is 189 Å². The van der Waals surface area contributed by atoms with Gasteiger partial charge >= 0.3 is 0 Å². The molecule has 0 bridgehead atoms. The molecule has 10 heteroatoms. The maximum absolute atomic E-state index is 12.5. The van der Waals surface area contributed by atoms with Crippen molar-refractivity contribution in [2.75, 3.05) is 36.4 Å². The van der Waals surface area contributed by atoms with E-state index in [1.54, 1.807) is 12.1 Å². The molecule has 1 N–H and O–H groups in total. The van der Waals surface area contributed by atoms with E-state index in [4.69, 9.17) is 23.2 Å². The average Bonchev–Trinajstić information content (AvgIpc) is 2.73. The van der Waals surface area contributed by atoms with Crippen LogP contribution in [0.4, 0.5) is 17.1 Å². The Morgan fingerprint density at radius 1 is 1.03 bits per heavy atom. The first-order valence-corrected chi connectivity index (χ1v) is 10.5. The summed E-state index contributed by atoms with van der Waals surface area (Å²) < 4.78 is 0. The van der Waals surface area contributed by atoms with Crippen LogP contribution < -0.4 is 10.2 Å². The fourth-order valence-corrected chi connectivity index (χ4v) is 3.93. The zero-order valence-corrected chi connectivity index (χ0v) is 18.6. The summed E-state index contributed by atoms with van der Waals surface area (Å²) in [5, 5.41) is 14.0. The molecular formula is C21H22Cl2N4O4. The monoisotopic (exact) mass is 464 g/mol. The van der Waals surface area contributed by atoms with E-state index in [2.05, 4.69) is 10.2 Å². The first-order chi connectivity index (χ1) is 14.7. The molecule has 31 heavy (non-hydrogen) atoms. The molecule has 0 spiro atoms. The van der Waals surface area contributed by atoms with Gasteiger partial charge in [0.25, 0.3) is 11.6 Å². The Balaban J connectivity index is 1.67. The van der Waals surface area contributed by atoms with Crippen LogP contribution in [0.25, 0.3) is 0 Å². The van der Waals surface area contributed by atoms with E-state index in [0.717, 1.165) is 11.8 Å². The SMILES string of the molecule is CC(C)C(=O)N1CCN(c2ccc(NC(=O)c3ccc([N+](=O)[O-])cc3Cl)cc2Cl)CC1. The van der Waals surface area contributed by atoms with Gasteiger partial charge in [0.05, 0.1) is 26.2 Å². The van der Waals surface area contributed by atoms with Crippen molar-refractivity contribution in [1.29, 1.82) is 0 Å². The Bertz CT molecular complexity index is 1020. The van der Waals surface area contributed by atoms with Crippen LogP contribution in [0.1, 0.15) is 24.2 Å². The highest BCUT2D eigenvalue weighted by molar-refractivity contribution is 6.35. The standard InChI is InChI=1S/C21H22Cl2N4O4/c1-13(2)21(29)26-9-7-25(8-10-26)19-6-3-14(11-18(19)23)24-20(28)16-5-4-15(27(30)31)12-17(16)22/h3-6,11-13H,7-10H2,1-2H3,(H,24,28). The fourth-order valence-electron chi connectivity index (χ4n) is 3.37. The number of anilines is 2. The van der Waals surface area contributed by atoms with Crippen molar-refractivity contribution in [1.82, 2.24) is 4.90 Å². The van der Waals surface area contributed by atoms with Crippen LogP contribution in [-0.4, -0.2) is 47.8 Å². The van der Waals surface area contributed by atoms with Crippen LogP contribution >= 0.6 is 23.2 Å². The Hall–Kier alpha value is -2.84. The molecule has 0 radical (unpaired) electrons. The number of halogens is 2. The number of hydrogen-bond acceptors (Lipinski definition) is 5. The number of nitro benzene ring substituents is 1. The summed E-state index contributed by atoms with van der Waals surface area (Å²) in [6.07, 6.45) is 0. The number of non-ortho nitro benzene ring substituents is 1. The third kappa shape index (κ3) is 5.26. The summed E-state index contributed by atoms with van der Waals surface area (Å²) in [6, 6.07) is 8.85. The highest BCUT2D eigenvalue weighted by Gasteiger charge is 2.24. The van der Waals surface area contributed by atoms with E-state index in [1.807, 2.05) is 24.8 Å². The van der Waals surface area contributed by atoms with Crippen LogP contribution in [0.15, 0.2) is 36.4 Å². The van der Waals surface area contributed by atoms with Gasteiger partial charge in [-0.15, -0.1) is 0 Å². The third-order valence-electron chi connectivity index (χ3n) is 5.04. The van der Waals surface area contributed by atoms with Crippen LogP contribution in [0, 0.1) is 16.0 Å². The van der Waals surface area contributed by atoms with Gasteiger partial charge in [-0.25, -0.2) is 0 Å². The maximum Gasteiger partial charge on any atom is 0.270 e. The van der Waals surface area contributed by atoms with Gasteiger partial charge in [0.1, 0.15) is 0 Å². The van der Waals surface area contributed by atoms with Gasteiger partial charge < -0.3 is 15.1 Å². The molecule has 2 amide bonds. The van der Waals surface area contributed by atoms with Gasteiger partial charge in [0.15, 0.2) is 0 Å². The lowest BCUT2D eigenvalue weighted by Gasteiger charge is -2.37. The number of amides is 2. The molecule has 1 aliphatic heterocycles. The summed E-state index contributed by atoms with van der Waals surface area (Å²) in [5.74, 6) is -0.375. The highest BCUT2D eigenvalue weighted by Crippen LogP contribution is 2.30. The number of piperazine rings is 1. The van der Waals surface area contributed by atoms with Gasteiger partial charge in [0.2, 0.25) is 5.91 Å². The Morgan fingerprint density at radius 3 is 2.26 bits per heavy atom. The number of carbonyl (C=O) groups is 2. The fraction of sp³-hybridized carbons (Fsp3) is 0.333. The largest absolute Gasteiger partial charge is 0.367 e. The molecular weight excluding hydrogens is 443 g/mol. The number of nitrogens with zero attached hydrogens (tertiary/aromatic N) is 3. The first-order valence-electron chi connectivity index (χ1n) is 9.76. The predicted molar refractivity (Wildman–Crippen MR) is 121 cm³/mol. The molecule has 1 fully saturated rings. The number of nitrogens with one attached hydrogen (secondary N) is 1. The molecule has 0 unspecified atom stereocenters. The van der Waals surface area contributed by atoms with E-state index in [-0.39, 0.29) is 28.1 Å². The maximum atomic E-state index is 12.5. The molecule has 1 saturated heterocycles. The smallest absolute Gasteiger partial charge is 0.270 e. The van der Waals surface area contributed by atoms with Gasteiger partial charge in [-0.3, -0.25) is 19.7 Å². The van der Waals surface area contributed by atoms with Gasteiger partial charge in [-0.2, -0.15) is 0 Å². The molecule has 0 atom stereocenters. The summed E-state index contributed by atoms with van der Waals surface area (Å²) in [7, 11) is 0. The normalized spacial score (nSPS) is 14.0. The van der Waals surface area contributed by atoms with Crippen molar-refractivity contribution in [2.45, 2.75) is 13.8 Å². The Morgan fingerprint density at radius 2 is 1.71 bits per heavy atom. The molecule has 1 heterocycles. The third-order valence-corrected chi connectivity index (χ3v) is 5.66. The molecule has 164 valence electrons. The minimum absolute atomic E-state index is 0.0109. The molecule has 8 nitrogen and oxygen atoms in total. The molecule has 2 aromatic carbocycles. The lowest BCUT2D eigenvalue weighted by atomic mass is 10.1. The van der Waals surface area contributed by atoms with Crippen molar-refractivity contribution in [2.24, 2.45) is 5.92 Å². The van der Waals surface area contributed by atoms with E-state index in [9.17, 15) is 19.7 Å². The van der Waals surface area contributed by atoms with Crippen molar-refractivity contribution >= 4 is 52.1 Å². The Kier molecular flexibility index (Phi) is 7.02. The second-order valence-corrected chi connectivity index (χ2v) is 8.32. The van der Waals surface area contributed by atoms with Crippen molar-refractivity contribution < 1.29 is 14.5 Å². The second-order valence-electron chi connectivity index (χ2n) is 7.51. The van der Waals surface area contributed by atoms with Gasteiger partial charge in [-0.1, -0.05) is 37.0 Å². The lowest BCUT2D eigenvalue weighted by Crippen LogP contribution is -2.50. The molecule has 0 aromatic heterocycles. The van der Waals surface area contributed by atoms with Crippen molar-refractivity contribution in [3.8, 4) is 0 Å². The van der Waals surface area contributed by atoms with E-state index in [1.165, 1.54) is 12.1 Å². The highest BCUT2D eigenvalue weighted by atomic mass is 35.5.